The third-order valence-corrected chi connectivity index (χ3v) is 4.96. The van der Waals surface area contributed by atoms with Gasteiger partial charge in [0, 0.05) is 12.1 Å². The fourth-order valence-electron chi connectivity index (χ4n) is 3.56. The zero-order valence-electron chi connectivity index (χ0n) is 15.6. The van der Waals surface area contributed by atoms with E-state index in [-0.39, 0.29) is 6.03 Å². The Morgan fingerprint density at radius 1 is 1.00 bits per heavy atom. The van der Waals surface area contributed by atoms with Crippen molar-refractivity contribution in [1.82, 2.24) is 5.43 Å². The number of urea groups is 1. The maximum atomic E-state index is 12.9. The van der Waals surface area contributed by atoms with Crippen LogP contribution in [-0.2, 0) is 12.8 Å². The van der Waals surface area contributed by atoms with E-state index in [0.717, 1.165) is 30.6 Å². The van der Waals surface area contributed by atoms with E-state index in [0.29, 0.717) is 5.92 Å². The van der Waals surface area contributed by atoms with Gasteiger partial charge in [0.2, 0.25) is 0 Å². The molecule has 139 valence electrons. The van der Waals surface area contributed by atoms with Gasteiger partial charge in [0.05, 0.1) is 11.4 Å². The third kappa shape index (κ3) is 4.12. The summed E-state index contributed by atoms with van der Waals surface area (Å²) >= 11 is 0. The topological polar surface area (TPSA) is 44.7 Å². The fraction of sp³-hybridized carbons (Fsp3) is 0.167. The summed E-state index contributed by atoms with van der Waals surface area (Å²) in [5.74, 6) is 0.325. The number of hydrogen-bond donors (Lipinski definition) is 1. The van der Waals surface area contributed by atoms with Crippen molar-refractivity contribution in [2.24, 2.45) is 11.0 Å². The quantitative estimate of drug-likeness (QED) is 0.504. The smallest absolute Gasteiger partial charge is 0.262 e. The van der Waals surface area contributed by atoms with Crippen LogP contribution in [0.3, 0.4) is 0 Å². The molecule has 3 aromatic carbocycles. The number of fused-ring (bicyclic) bond motifs is 1. The summed E-state index contributed by atoms with van der Waals surface area (Å²) in [4.78, 5) is 14.5. The number of benzene rings is 3. The molecule has 1 aliphatic rings. The normalized spacial score (nSPS) is 15.8. The first-order valence-electron chi connectivity index (χ1n) is 9.53. The number of hydrogen-bond acceptors (Lipinski definition) is 2. The molecule has 0 aromatic heterocycles. The third-order valence-electron chi connectivity index (χ3n) is 4.96. The highest BCUT2D eigenvalue weighted by Gasteiger charge is 2.19. The molecule has 0 saturated heterocycles. The number of nitrogens with one attached hydrogen (secondary N) is 1. The molecule has 28 heavy (non-hydrogen) atoms. The Morgan fingerprint density at radius 3 is 2.36 bits per heavy atom. The lowest BCUT2D eigenvalue weighted by Gasteiger charge is -2.23. The molecule has 0 saturated carbocycles. The minimum Gasteiger partial charge on any atom is -0.262 e. The number of hydrazone groups is 1. The first-order chi connectivity index (χ1) is 13.8. The van der Waals surface area contributed by atoms with E-state index < -0.39 is 0 Å². The summed E-state index contributed by atoms with van der Waals surface area (Å²) < 4.78 is 0. The zero-order chi connectivity index (χ0) is 19.2. The second-order valence-corrected chi connectivity index (χ2v) is 6.88. The van der Waals surface area contributed by atoms with E-state index in [9.17, 15) is 4.79 Å². The summed E-state index contributed by atoms with van der Waals surface area (Å²) in [5, 5.41) is 4.26. The lowest BCUT2D eigenvalue weighted by molar-refractivity contribution is 0.249. The molecular formula is C24H22N3O. The van der Waals surface area contributed by atoms with E-state index >= 15 is 0 Å². The summed E-state index contributed by atoms with van der Waals surface area (Å²) in [7, 11) is 0. The minimum absolute atomic E-state index is 0.279. The number of carbonyl (C=O) groups excluding carboxylic acids is 1. The first-order valence-corrected chi connectivity index (χ1v) is 9.53. The van der Waals surface area contributed by atoms with Crippen LogP contribution in [0.1, 0.15) is 17.5 Å². The van der Waals surface area contributed by atoms with Crippen LogP contribution in [0.4, 0.5) is 16.2 Å². The van der Waals surface area contributed by atoms with Crippen molar-refractivity contribution < 1.29 is 4.79 Å². The number of amides is 2. The highest BCUT2D eigenvalue weighted by molar-refractivity contribution is 5.99. The van der Waals surface area contributed by atoms with Crippen LogP contribution in [0.15, 0.2) is 84.0 Å². The Hall–Kier alpha value is -3.40. The lowest BCUT2D eigenvalue weighted by Crippen LogP contribution is -2.34. The van der Waals surface area contributed by atoms with E-state index in [2.05, 4.69) is 22.7 Å². The standard InChI is InChI=1S/C24H22N3O/c28-24(26-25-18-19-15-16-20-9-7-8-10-21(20)17-19)27(22-11-3-1-4-12-22)23-13-5-2-6-14-23/h1-8,10-14,18-19H,15-17H2,(H,26,28)/b25-18+. The fourth-order valence-corrected chi connectivity index (χ4v) is 3.56. The summed E-state index contributed by atoms with van der Waals surface area (Å²) in [6.45, 7) is 0. The van der Waals surface area contributed by atoms with E-state index in [1.165, 1.54) is 11.1 Å². The Morgan fingerprint density at radius 2 is 1.68 bits per heavy atom. The average molecular weight is 368 g/mol. The SMILES string of the molecule is O=C(N/N=C/C1CCc2[c]cccc2C1)N(c1ccccc1)c1ccccc1. The molecule has 1 unspecified atom stereocenters. The number of para-hydroxylation sites is 2. The number of aryl methyl sites for hydroxylation is 1. The van der Waals surface area contributed by atoms with E-state index in [1.807, 2.05) is 79.0 Å². The zero-order valence-corrected chi connectivity index (χ0v) is 15.6. The van der Waals surface area contributed by atoms with Crippen LogP contribution in [0, 0.1) is 12.0 Å². The second-order valence-electron chi connectivity index (χ2n) is 6.88. The molecule has 4 rings (SSSR count). The van der Waals surface area contributed by atoms with Gasteiger partial charge in [-0.2, -0.15) is 5.10 Å². The molecule has 0 heterocycles. The van der Waals surface area contributed by atoms with Crippen molar-refractivity contribution in [2.45, 2.75) is 19.3 Å². The van der Waals surface area contributed by atoms with Crippen molar-refractivity contribution in [3.05, 3.63) is 96.1 Å². The number of carbonyl (C=O) groups is 1. The van der Waals surface area contributed by atoms with Crippen LogP contribution >= 0.6 is 0 Å². The molecule has 0 fully saturated rings. The molecule has 3 aromatic rings. The van der Waals surface area contributed by atoms with Crippen LogP contribution in [-0.4, -0.2) is 12.2 Å². The van der Waals surface area contributed by atoms with Gasteiger partial charge in [0.1, 0.15) is 0 Å². The van der Waals surface area contributed by atoms with Gasteiger partial charge in [-0.25, -0.2) is 10.2 Å². The van der Waals surface area contributed by atoms with Gasteiger partial charge in [-0.3, -0.25) is 4.90 Å². The van der Waals surface area contributed by atoms with Gasteiger partial charge >= 0.3 is 6.03 Å². The van der Waals surface area contributed by atoms with Crippen molar-refractivity contribution in [3.8, 4) is 0 Å². The van der Waals surface area contributed by atoms with Crippen molar-refractivity contribution >= 4 is 23.6 Å². The van der Waals surface area contributed by atoms with Gasteiger partial charge in [-0.05, 0) is 60.7 Å². The van der Waals surface area contributed by atoms with Crippen LogP contribution in [0.25, 0.3) is 0 Å². The molecule has 0 spiro atoms. The lowest BCUT2D eigenvalue weighted by atomic mass is 9.85. The maximum Gasteiger partial charge on any atom is 0.346 e. The predicted octanol–water partition coefficient (Wildman–Crippen LogP) is 5.13. The highest BCUT2D eigenvalue weighted by Crippen LogP contribution is 2.25. The largest absolute Gasteiger partial charge is 0.346 e. The van der Waals surface area contributed by atoms with Gasteiger partial charge < -0.3 is 0 Å². The molecule has 4 heteroatoms. The van der Waals surface area contributed by atoms with Gasteiger partial charge in [-0.15, -0.1) is 0 Å². The Bertz CT molecular complexity index is 914. The van der Waals surface area contributed by atoms with Crippen LogP contribution in [0.5, 0.6) is 0 Å². The number of anilines is 2. The van der Waals surface area contributed by atoms with Crippen LogP contribution in [0.2, 0.25) is 0 Å². The molecule has 0 bridgehead atoms. The predicted molar refractivity (Wildman–Crippen MR) is 113 cm³/mol. The average Bonchev–Trinajstić information content (AvgIpc) is 2.75. The van der Waals surface area contributed by atoms with E-state index in [4.69, 9.17) is 0 Å². The summed E-state index contributed by atoms with van der Waals surface area (Å²) in [5.41, 5.74) is 6.92. The number of rotatable bonds is 4. The van der Waals surface area contributed by atoms with Crippen molar-refractivity contribution in [2.75, 3.05) is 4.90 Å². The molecule has 2 amide bonds. The minimum atomic E-state index is -0.279. The Balaban J connectivity index is 1.46. The van der Waals surface area contributed by atoms with Gasteiger partial charge in [-0.1, -0.05) is 54.6 Å². The van der Waals surface area contributed by atoms with Gasteiger partial charge in [0.25, 0.3) is 0 Å². The van der Waals surface area contributed by atoms with Gasteiger partial charge in [0.15, 0.2) is 0 Å². The maximum absolute atomic E-state index is 12.9. The van der Waals surface area contributed by atoms with Crippen molar-refractivity contribution in [1.29, 1.82) is 0 Å². The van der Waals surface area contributed by atoms with Crippen LogP contribution < -0.4 is 10.3 Å². The van der Waals surface area contributed by atoms with Crippen molar-refractivity contribution in [3.63, 3.8) is 0 Å². The molecule has 1 atom stereocenters. The second kappa shape index (κ2) is 8.53. The van der Waals surface area contributed by atoms with E-state index in [1.54, 1.807) is 4.90 Å². The molecule has 1 aliphatic carbocycles. The monoisotopic (exact) mass is 368 g/mol. The number of nitrogens with zero attached hydrogens (tertiary/aromatic N) is 2. The molecule has 1 radical (unpaired) electrons. The molecule has 1 N–H and O–H groups in total. The Kier molecular flexibility index (Phi) is 5.48. The summed E-state index contributed by atoms with van der Waals surface area (Å²) in [6, 6.07) is 28.3. The molecular weight excluding hydrogens is 346 g/mol. The molecule has 0 aliphatic heterocycles. The Labute approximate surface area is 165 Å². The molecule has 4 nitrogen and oxygen atoms in total. The highest BCUT2D eigenvalue weighted by atomic mass is 16.2. The first kappa shape index (κ1) is 18.0. The summed E-state index contributed by atoms with van der Waals surface area (Å²) in [6.07, 6.45) is 4.82.